The van der Waals surface area contributed by atoms with Crippen LogP contribution < -0.4 is 5.32 Å². The number of guanidine groups is 1. The number of aliphatic hydroxyl groups is 1. The van der Waals surface area contributed by atoms with Crippen molar-refractivity contribution in [3.05, 3.63) is 70.8 Å². The van der Waals surface area contributed by atoms with Crippen molar-refractivity contribution < 1.29 is 9.84 Å². The summed E-state index contributed by atoms with van der Waals surface area (Å²) in [5, 5.41) is 12.9. The molecule has 1 heterocycles. The van der Waals surface area contributed by atoms with Crippen LogP contribution in [0, 0.1) is 6.92 Å². The first kappa shape index (κ1) is 19.4. The third-order valence-electron chi connectivity index (χ3n) is 4.92. The lowest BCUT2D eigenvalue weighted by molar-refractivity contribution is -0.00834. The predicted molar refractivity (Wildman–Crippen MR) is 109 cm³/mol. The molecule has 5 heteroatoms. The average molecular weight is 367 g/mol. The first-order valence-electron chi connectivity index (χ1n) is 9.61. The summed E-state index contributed by atoms with van der Waals surface area (Å²) < 4.78 is 6.05. The fourth-order valence-corrected chi connectivity index (χ4v) is 3.43. The summed E-state index contributed by atoms with van der Waals surface area (Å²) in [4.78, 5) is 7.10. The second-order valence-corrected chi connectivity index (χ2v) is 6.76. The van der Waals surface area contributed by atoms with Crippen LogP contribution >= 0.6 is 0 Å². The standard InChI is InChI=1S/C22H29N3O2/c1-3-23-22(24-14-18-9-5-6-10-19(18)16-26)25-12-13-27-21(15-25)20-11-7-4-8-17(20)2/h4-11,21,26H,3,12-16H2,1-2H3,(H,23,24). The van der Waals surface area contributed by atoms with Crippen molar-refractivity contribution in [2.75, 3.05) is 26.2 Å². The Morgan fingerprint density at radius 2 is 1.93 bits per heavy atom. The summed E-state index contributed by atoms with van der Waals surface area (Å²) in [5.41, 5.74) is 4.47. The van der Waals surface area contributed by atoms with Gasteiger partial charge >= 0.3 is 0 Å². The molecule has 2 aromatic carbocycles. The number of benzene rings is 2. The van der Waals surface area contributed by atoms with Gasteiger partial charge in [-0.15, -0.1) is 0 Å². The maximum atomic E-state index is 9.53. The lowest BCUT2D eigenvalue weighted by Gasteiger charge is -2.35. The van der Waals surface area contributed by atoms with Crippen molar-refractivity contribution in [1.82, 2.24) is 10.2 Å². The second-order valence-electron chi connectivity index (χ2n) is 6.76. The van der Waals surface area contributed by atoms with Crippen molar-refractivity contribution in [1.29, 1.82) is 0 Å². The van der Waals surface area contributed by atoms with Gasteiger partial charge in [-0.05, 0) is 36.1 Å². The Morgan fingerprint density at radius 3 is 2.67 bits per heavy atom. The Kier molecular flexibility index (Phi) is 6.85. The summed E-state index contributed by atoms with van der Waals surface area (Å²) in [6.45, 7) is 7.87. The molecule has 1 unspecified atom stereocenters. The first-order chi connectivity index (χ1) is 13.2. The molecule has 144 valence electrons. The molecule has 1 fully saturated rings. The Labute approximate surface area is 161 Å². The molecule has 1 atom stereocenters. The van der Waals surface area contributed by atoms with Gasteiger partial charge in [0, 0.05) is 13.1 Å². The average Bonchev–Trinajstić information content (AvgIpc) is 2.71. The predicted octanol–water partition coefficient (Wildman–Crippen LogP) is 3.03. The number of aliphatic hydroxyl groups excluding tert-OH is 1. The van der Waals surface area contributed by atoms with Crippen molar-refractivity contribution in [3.63, 3.8) is 0 Å². The summed E-state index contributed by atoms with van der Waals surface area (Å²) in [5.74, 6) is 0.895. The molecule has 0 radical (unpaired) electrons. The van der Waals surface area contributed by atoms with Gasteiger partial charge in [-0.25, -0.2) is 4.99 Å². The molecule has 0 amide bonds. The minimum atomic E-state index is 0.0369. The molecule has 0 saturated carbocycles. The molecule has 2 N–H and O–H groups in total. The van der Waals surface area contributed by atoms with Crippen LogP contribution in [-0.4, -0.2) is 42.2 Å². The molecule has 0 aromatic heterocycles. The maximum Gasteiger partial charge on any atom is 0.194 e. The number of aliphatic imine (C=N–C) groups is 1. The van der Waals surface area contributed by atoms with Crippen LogP contribution in [-0.2, 0) is 17.9 Å². The number of aryl methyl sites for hydroxylation is 1. The van der Waals surface area contributed by atoms with Crippen molar-refractivity contribution >= 4 is 5.96 Å². The molecule has 1 aliphatic heterocycles. The van der Waals surface area contributed by atoms with E-state index in [1.54, 1.807) is 0 Å². The minimum absolute atomic E-state index is 0.0369. The number of nitrogens with zero attached hydrogens (tertiary/aromatic N) is 2. The second kappa shape index (κ2) is 9.53. The number of hydrogen-bond donors (Lipinski definition) is 2. The van der Waals surface area contributed by atoms with Gasteiger partial charge in [-0.2, -0.15) is 0 Å². The normalized spacial score (nSPS) is 17.8. The molecule has 0 aliphatic carbocycles. The van der Waals surface area contributed by atoms with E-state index in [2.05, 4.69) is 48.3 Å². The van der Waals surface area contributed by atoms with Gasteiger partial charge in [0.25, 0.3) is 0 Å². The monoisotopic (exact) mass is 367 g/mol. The lowest BCUT2D eigenvalue weighted by Crippen LogP contribution is -2.48. The van der Waals surface area contributed by atoms with Crippen LogP contribution in [0.4, 0.5) is 0 Å². The Bertz CT molecular complexity index is 776. The van der Waals surface area contributed by atoms with E-state index >= 15 is 0 Å². The zero-order chi connectivity index (χ0) is 19.1. The van der Waals surface area contributed by atoms with Crippen LogP contribution in [0.5, 0.6) is 0 Å². The highest BCUT2D eigenvalue weighted by Crippen LogP contribution is 2.25. The highest BCUT2D eigenvalue weighted by atomic mass is 16.5. The van der Waals surface area contributed by atoms with E-state index in [-0.39, 0.29) is 12.7 Å². The number of nitrogens with one attached hydrogen (secondary N) is 1. The van der Waals surface area contributed by atoms with Gasteiger partial charge < -0.3 is 20.1 Å². The van der Waals surface area contributed by atoms with Gasteiger partial charge in [0.15, 0.2) is 5.96 Å². The number of ether oxygens (including phenoxy) is 1. The largest absolute Gasteiger partial charge is 0.392 e. The highest BCUT2D eigenvalue weighted by molar-refractivity contribution is 5.80. The highest BCUT2D eigenvalue weighted by Gasteiger charge is 2.25. The third kappa shape index (κ3) is 4.87. The van der Waals surface area contributed by atoms with E-state index in [4.69, 9.17) is 9.73 Å². The number of morpholine rings is 1. The number of hydrogen-bond acceptors (Lipinski definition) is 3. The fourth-order valence-electron chi connectivity index (χ4n) is 3.43. The topological polar surface area (TPSA) is 57.1 Å². The summed E-state index contributed by atoms with van der Waals surface area (Å²) >= 11 is 0. The number of rotatable bonds is 5. The molecule has 27 heavy (non-hydrogen) atoms. The minimum Gasteiger partial charge on any atom is -0.392 e. The van der Waals surface area contributed by atoms with Crippen LogP contribution in [0.15, 0.2) is 53.5 Å². The van der Waals surface area contributed by atoms with E-state index in [0.29, 0.717) is 13.2 Å². The van der Waals surface area contributed by atoms with E-state index in [0.717, 1.165) is 36.7 Å². The van der Waals surface area contributed by atoms with E-state index in [1.807, 2.05) is 24.3 Å². The Hall–Kier alpha value is -2.37. The first-order valence-corrected chi connectivity index (χ1v) is 9.61. The Balaban J connectivity index is 1.76. The van der Waals surface area contributed by atoms with Gasteiger partial charge in [0.2, 0.25) is 0 Å². The van der Waals surface area contributed by atoms with Gasteiger partial charge in [-0.3, -0.25) is 0 Å². The summed E-state index contributed by atoms with van der Waals surface area (Å²) in [6, 6.07) is 16.3. The fraction of sp³-hybridized carbons (Fsp3) is 0.409. The van der Waals surface area contributed by atoms with Gasteiger partial charge in [0.1, 0.15) is 6.10 Å². The van der Waals surface area contributed by atoms with Crippen molar-refractivity contribution in [2.45, 2.75) is 33.1 Å². The molecule has 5 nitrogen and oxygen atoms in total. The molecule has 1 aliphatic rings. The van der Waals surface area contributed by atoms with Gasteiger partial charge in [0.05, 0.1) is 26.3 Å². The quantitative estimate of drug-likeness (QED) is 0.630. The van der Waals surface area contributed by atoms with Crippen LogP contribution in [0.1, 0.15) is 35.3 Å². The molecular formula is C22H29N3O2. The smallest absolute Gasteiger partial charge is 0.194 e. The maximum absolute atomic E-state index is 9.53. The third-order valence-corrected chi connectivity index (χ3v) is 4.92. The molecule has 0 spiro atoms. The van der Waals surface area contributed by atoms with Crippen molar-refractivity contribution in [3.8, 4) is 0 Å². The summed E-state index contributed by atoms with van der Waals surface area (Å²) in [6.07, 6.45) is 0.0496. The molecular weight excluding hydrogens is 338 g/mol. The molecule has 3 rings (SSSR count). The Morgan fingerprint density at radius 1 is 1.19 bits per heavy atom. The van der Waals surface area contributed by atoms with Crippen molar-refractivity contribution in [2.24, 2.45) is 4.99 Å². The van der Waals surface area contributed by atoms with E-state index < -0.39 is 0 Å². The van der Waals surface area contributed by atoms with E-state index in [1.165, 1.54) is 11.1 Å². The van der Waals surface area contributed by atoms with Crippen LogP contribution in [0.3, 0.4) is 0 Å². The van der Waals surface area contributed by atoms with E-state index in [9.17, 15) is 5.11 Å². The van der Waals surface area contributed by atoms with Crippen LogP contribution in [0.25, 0.3) is 0 Å². The summed E-state index contributed by atoms with van der Waals surface area (Å²) in [7, 11) is 0. The van der Waals surface area contributed by atoms with Gasteiger partial charge in [-0.1, -0.05) is 48.5 Å². The zero-order valence-electron chi connectivity index (χ0n) is 16.2. The molecule has 0 bridgehead atoms. The molecule has 1 saturated heterocycles. The van der Waals surface area contributed by atoms with Crippen LogP contribution in [0.2, 0.25) is 0 Å². The SMILES string of the molecule is CCNC(=NCc1ccccc1CO)N1CCOC(c2ccccc2C)C1. The zero-order valence-corrected chi connectivity index (χ0v) is 16.2. The lowest BCUT2D eigenvalue weighted by atomic mass is 10.0. The molecule has 2 aromatic rings.